The summed E-state index contributed by atoms with van der Waals surface area (Å²) in [5.74, 6) is -2.38. The number of carbonyl (C=O) groups excluding carboxylic acids is 2. The van der Waals surface area contributed by atoms with Crippen LogP contribution in [-0.4, -0.2) is 52.4 Å². The number of hydrogen-bond donors (Lipinski definition) is 4. The highest BCUT2D eigenvalue weighted by Gasteiger charge is 2.29. The van der Waals surface area contributed by atoms with E-state index >= 15 is 0 Å². The van der Waals surface area contributed by atoms with Gasteiger partial charge in [0.05, 0.1) is 12.3 Å². The summed E-state index contributed by atoms with van der Waals surface area (Å²) in [7, 11) is 0. The molecule has 168 valence electrons. The number of aliphatic hydroxyl groups is 1. The maximum Gasteiger partial charge on any atom is 0.411 e. The van der Waals surface area contributed by atoms with Crippen LogP contribution in [0.2, 0.25) is 0 Å². The van der Waals surface area contributed by atoms with Gasteiger partial charge in [-0.05, 0) is 34.4 Å². The molecule has 2 amide bonds. The van der Waals surface area contributed by atoms with E-state index in [1.807, 2.05) is 48.5 Å². The molecule has 0 saturated heterocycles. The van der Waals surface area contributed by atoms with E-state index in [1.54, 1.807) is 0 Å². The van der Waals surface area contributed by atoms with Gasteiger partial charge in [-0.2, -0.15) is 0 Å². The molecule has 0 aliphatic heterocycles. The molecular formula is C24H21N3O6. The van der Waals surface area contributed by atoms with Gasteiger partial charge in [-0.15, -0.1) is 0 Å². The third kappa shape index (κ3) is 4.53. The van der Waals surface area contributed by atoms with Crippen molar-refractivity contribution in [1.29, 1.82) is 0 Å². The van der Waals surface area contributed by atoms with E-state index < -0.39 is 30.6 Å². The second-order valence-electron chi connectivity index (χ2n) is 7.40. The fourth-order valence-electron chi connectivity index (χ4n) is 3.84. The van der Waals surface area contributed by atoms with Gasteiger partial charge in [-0.1, -0.05) is 48.5 Å². The van der Waals surface area contributed by atoms with Crippen LogP contribution in [0.4, 0.5) is 10.5 Å². The molecule has 1 aliphatic rings. The largest absolute Gasteiger partial charge is 0.480 e. The van der Waals surface area contributed by atoms with E-state index in [4.69, 9.17) is 14.9 Å². The Hall–Kier alpha value is -4.24. The smallest absolute Gasteiger partial charge is 0.411 e. The SMILES string of the molecule is O=C(Nc1cccnc1C(=O)NC(CO)C(=O)O)OCC1c2ccccc2-c2ccccc21. The quantitative estimate of drug-likeness (QED) is 0.437. The van der Waals surface area contributed by atoms with Gasteiger partial charge in [0, 0.05) is 12.1 Å². The average molecular weight is 447 g/mol. The Bertz CT molecular complexity index is 1170. The number of aromatic nitrogens is 1. The summed E-state index contributed by atoms with van der Waals surface area (Å²) in [4.78, 5) is 39.9. The monoisotopic (exact) mass is 447 g/mol. The predicted octanol–water partition coefficient (Wildman–Crippen LogP) is 2.62. The van der Waals surface area contributed by atoms with Gasteiger partial charge < -0.3 is 20.3 Å². The van der Waals surface area contributed by atoms with Crippen LogP contribution in [0.3, 0.4) is 0 Å². The van der Waals surface area contributed by atoms with E-state index in [0.29, 0.717) is 0 Å². The van der Waals surface area contributed by atoms with Gasteiger partial charge in [0.1, 0.15) is 6.61 Å². The Morgan fingerprint density at radius 1 is 0.970 bits per heavy atom. The van der Waals surface area contributed by atoms with Gasteiger partial charge in [0.25, 0.3) is 5.91 Å². The van der Waals surface area contributed by atoms with Gasteiger partial charge in [0.15, 0.2) is 11.7 Å². The van der Waals surface area contributed by atoms with Crippen LogP contribution in [0.5, 0.6) is 0 Å². The second kappa shape index (κ2) is 9.49. The van der Waals surface area contributed by atoms with Crippen LogP contribution in [0, 0.1) is 0 Å². The number of pyridine rings is 1. The number of carboxylic acids is 1. The lowest BCUT2D eigenvalue weighted by atomic mass is 9.98. The summed E-state index contributed by atoms with van der Waals surface area (Å²) < 4.78 is 5.48. The van der Waals surface area contributed by atoms with E-state index in [0.717, 1.165) is 22.3 Å². The van der Waals surface area contributed by atoms with E-state index in [2.05, 4.69) is 15.6 Å². The van der Waals surface area contributed by atoms with Crippen molar-refractivity contribution in [2.24, 2.45) is 0 Å². The summed E-state index contributed by atoms with van der Waals surface area (Å²) >= 11 is 0. The van der Waals surface area contributed by atoms with Crippen molar-refractivity contribution in [2.45, 2.75) is 12.0 Å². The van der Waals surface area contributed by atoms with Crippen molar-refractivity contribution in [2.75, 3.05) is 18.5 Å². The third-order valence-electron chi connectivity index (χ3n) is 5.39. The number of aliphatic hydroxyl groups excluding tert-OH is 1. The van der Waals surface area contributed by atoms with Gasteiger partial charge in [-0.25, -0.2) is 14.6 Å². The summed E-state index contributed by atoms with van der Waals surface area (Å²) in [5, 5.41) is 22.8. The van der Waals surface area contributed by atoms with Crippen molar-refractivity contribution in [3.8, 4) is 11.1 Å². The molecule has 1 unspecified atom stereocenters. The van der Waals surface area contributed by atoms with Crippen LogP contribution < -0.4 is 10.6 Å². The lowest BCUT2D eigenvalue weighted by Gasteiger charge is -2.16. The van der Waals surface area contributed by atoms with Crippen LogP contribution in [-0.2, 0) is 9.53 Å². The molecule has 1 atom stereocenters. The molecule has 0 bridgehead atoms. The number of hydrogen-bond acceptors (Lipinski definition) is 6. The number of fused-ring (bicyclic) bond motifs is 3. The first kappa shape index (κ1) is 22.0. The molecular weight excluding hydrogens is 426 g/mol. The first-order valence-corrected chi connectivity index (χ1v) is 10.2. The Morgan fingerprint density at radius 2 is 1.61 bits per heavy atom. The summed E-state index contributed by atoms with van der Waals surface area (Å²) in [6.07, 6.45) is 0.544. The molecule has 0 spiro atoms. The zero-order valence-electron chi connectivity index (χ0n) is 17.4. The zero-order chi connectivity index (χ0) is 23.4. The number of ether oxygens (including phenoxy) is 1. The van der Waals surface area contributed by atoms with E-state index in [9.17, 15) is 14.4 Å². The van der Waals surface area contributed by atoms with Crippen molar-refractivity contribution in [3.63, 3.8) is 0 Å². The summed E-state index contributed by atoms with van der Waals surface area (Å²) in [6.45, 7) is -0.698. The predicted molar refractivity (Wildman–Crippen MR) is 119 cm³/mol. The van der Waals surface area contributed by atoms with Crippen LogP contribution in [0.25, 0.3) is 11.1 Å². The molecule has 9 nitrogen and oxygen atoms in total. The van der Waals surface area contributed by atoms with Crippen molar-refractivity contribution in [3.05, 3.63) is 83.7 Å². The Labute approximate surface area is 189 Å². The minimum absolute atomic E-state index is 0.0503. The van der Waals surface area contributed by atoms with Crippen molar-refractivity contribution < 1.29 is 29.3 Å². The number of benzene rings is 2. The molecule has 1 aromatic heterocycles. The zero-order valence-corrected chi connectivity index (χ0v) is 17.4. The van der Waals surface area contributed by atoms with Gasteiger partial charge in [-0.3, -0.25) is 10.1 Å². The Kier molecular flexibility index (Phi) is 6.32. The third-order valence-corrected chi connectivity index (χ3v) is 5.39. The van der Waals surface area contributed by atoms with Crippen LogP contribution >= 0.6 is 0 Å². The molecule has 9 heteroatoms. The topological polar surface area (TPSA) is 138 Å². The molecule has 4 rings (SSSR count). The summed E-state index contributed by atoms with van der Waals surface area (Å²) in [6, 6.07) is 17.3. The molecule has 1 aliphatic carbocycles. The number of anilines is 1. The molecule has 0 radical (unpaired) electrons. The number of aliphatic carboxylic acids is 1. The molecule has 3 aromatic rings. The maximum atomic E-state index is 12.5. The number of nitrogens with zero attached hydrogens (tertiary/aromatic N) is 1. The number of carboxylic acid groups (broad SMARTS) is 1. The van der Waals surface area contributed by atoms with E-state index in [1.165, 1.54) is 18.3 Å². The number of carbonyl (C=O) groups is 3. The second-order valence-corrected chi connectivity index (χ2v) is 7.40. The number of amides is 2. The fourth-order valence-corrected chi connectivity index (χ4v) is 3.84. The van der Waals surface area contributed by atoms with Crippen molar-refractivity contribution >= 4 is 23.7 Å². The molecule has 2 aromatic carbocycles. The van der Waals surface area contributed by atoms with E-state index in [-0.39, 0.29) is 23.9 Å². The maximum absolute atomic E-state index is 12.5. The Balaban J connectivity index is 1.46. The first-order valence-electron chi connectivity index (χ1n) is 10.2. The van der Waals surface area contributed by atoms with Crippen molar-refractivity contribution in [1.82, 2.24) is 10.3 Å². The highest BCUT2D eigenvalue weighted by molar-refractivity contribution is 6.02. The molecule has 4 N–H and O–H groups in total. The molecule has 0 saturated carbocycles. The minimum atomic E-state index is -1.50. The lowest BCUT2D eigenvalue weighted by molar-refractivity contribution is -0.140. The molecule has 0 fully saturated rings. The summed E-state index contributed by atoms with van der Waals surface area (Å²) in [5.41, 5.74) is 4.18. The van der Waals surface area contributed by atoms with Gasteiger partial charge in [0.2, 0.25) is 0 Å². The highest BCUT2D eigenvalue weighted by atomic mass is 16.5. The molecule has 1 heterocycles. The molecule has 33 heavy (non-hydrogen) atoms. The van der Waals surface area contributed by atoms with Gasteiger partial charge >= 0.3 is 12.1 Å². The highest BCUT2D eigenvalue weighted by Crippen LogP contribution is 2.44. The number of rotatable bonds is 7. The standard InChI is InChI=1S/C24H21N3O6/c28-12-20(23(30)31)26-22(29)21-19(10-5-11-25-21)27-24(32)33-13-18-16-8-3-1-6-14(16)15-7-2-4-9-17(15)18/h1-11,18,20,28H,12-13H2,(H,26,29)(H,27,32)(H,30,31). The number of nitrogens with one attached hydrogen (secondary N) is 2. The first-order chi connectivity index (χ1) is 16.0. The lowest BCUT2D eigenvalue weighted by Crippen LogP contribution is -2.43. The fraction of sp³-hybridized carbons (Fsp3) is 0.167. The minimum Gasteiger partial charge on any atom is -0.480 e. The van der Waals surface area contributed by atoms with Crippen LogP contribution in [0.1, 0.15) is 27.5 Å². The normalized spacial score (nSPS) is 12.9. The Morgan fingerprint density at radius 3 is 2.21 bits per heavy atom. The van der Waals surface area contributed by atoms with Crippen LogP contribution in [0.15, 0.2) is 66.9 Å². The average Bonchev–Trinajstić information content (AvgIpc) is 3.15.